The van der Waals surface area contributed by atoms with Crippen molar-refractivity contribution in [1.29, 1.82) is 0 Å². The number of fused-ring (bicyclic) bond motifs is 1. The molecule has 0 amide bonds. The van der Waals surface area contributed by atoms with Gasteiger partial charge >= 0.3 is 5.97 Å². The minimum Gasteiger partial charge on any atom is -0.507 e. The van der Waals surface area contributed by atoms with Crippen molar-refractivity contribution in [1.82, 2.24) is 4.98 Å². The maximum atomic E-state index is 12.9. The standard InChI is InChI=1S/C42H61NO8Si/c1-11-27(3)21-31-16-15-30-22-35(50-41(46)39(30)40(31)45)23-33(44)18-17-32-26-49-38(43-32)24-37(51-52(9,10)42(5,6)7)28(4)36(12-2)48-25-29-13-19-34(47-8)20-14-29/h13-20,26-28,33,35-37,44-45H,11-12,21-25H2,1-10H3/b18-17+/t27-,28+,33+,35-,36+,37-/m0/s1. The lowest BCUT2D eigenvalue weighted by molar-refractivity contribution is -0.0370. The Balaban J connectivity index is 1.41. The smallest absolute Gasteiger partial charge is 0.342 e. The largest absolute Gasteiger partial charge is 0.507 e. The summed E-state index contributed by atoms with van der Waals surface area (Å²) in [5, 5.41) is 21.7. The molecule has 1 aliphatic heterocycles. The van der Waals surface area contributed by atoms with Gasteiger partial charge in [0.1, 0.15) is 35.1 Å². The lowest BCUT2D eigenvalue weighted by Crippen LogP contribution is -2.48. The molecule has 10 heteroatoms. The Morgan fingerprint density at radius 2 is 1.75 bits per heavy atom. The van der Waals surface area contributed by atoms with Crippen LogP contribution >= 0.6 is 0 Å². The van der Waals surface area contributed by atoms with E-state index in [9.17, 15) is 15.0 Å². The molecule has 0 aliphatic carbocycles. The van der Waals surface area contributed by atoms with Gasteiger partial charge in [-0.3, -0.25) is 0 Å². The number of phenolic OH excluding ortho intramolecular Hbond substituents is 1. The third-order valence-corrected chi connectivity index (χ3v) is 15.4. The van der Waals surface area contributed by atoms with Crippen molar-refractivity contribution in [2.45, 2.75) is 136 Å². The molecule has 0 saturated carbocycles. The number of methoxy groups -OCH3 is 1. The van der Waals surface area contributed by atoms with Gasteiger partial charge in [0, 0.05) is 25.2 Å². The van der Waals surface area contributed by atoms with Crippen molar-refractivity contribution < 1.29 is 38.1 Å². The van der Waals surface area contributed by atoms with Crippen molar-refractivity contribution in [3.8, 4) is 11.5 Å². The van der Waals surface area contributed by atoms with Gasteiger partial charge in [0.15, 0.2) is 14.2 Å². The van der Waals surface area contributed by atoms with E-state index in [4.69, 9.17) is 28.0 Å². The molecule has 9 nitrogen and oxygen atoms in total. The zero-order valence-electron chi connectivity index (χ0n) is 32.9. The SMILES string of the molecule is CC[C@H](C)Cc1ccc2c(c1O)C(=O)O[C@H](C[C@H](O)/C=C/c1coc(C[C@H](O[Si](C)(C)C(C)(C)C)[C@H](C)[C@@H](CC)OCc3ccc(OC)cc3)n1)C2. The van der Waals surface area contributed by atoms with Crippen LogP contribution in [0.2, 0.25) is 18.1 Å². The van der Waals surface area contributed by atoms with Crippen molar-refractivity contribution in [3.63, 3.8) is 0 Å². The summed E-state index contributed by atoms with van der Waals surface area (Å²) in [5.74, 6) is 1.29. The second-order valence-corrected chi connectivity index (χ2v) is 20.7. The number of aliphatic hydroxyl groups excluding tert-OH is 1. The van der Waals surface area contributed by atoms with Gasteiger partial charge in [0.05, 0.1) is 32.0 Å². The minimum absolute atomic E-state index is 0.0150. The number of aromatic nitrogens is 1. The summed E-state index contributed by atoms with van der Waals surface area (Å²) in [7, 11) is -0.503. The first-order valence-electron chi connectivity index (χ1n) is 18.8. The number of hydrogen-bond donors (Lipinski definition) is 2. The number of carbonyl (C=O) groups is 1. The number of cyclic esters (lactones) is 1. The first-order chi connectivity index (χ1) is 24.5. The van der Waals surface area contributed by atoms with Crippen LogP contribution < -0.4 is 4.74 Å². The second kappa shape index (κ2) is 18.1. The van der Waals surface area contributed by atoms with Crippen molar-refractivity contribution >= 4 is 20.4 Å². The predicted molar refractivity (Wildman–Crippen MR) is 207 cm³/mol. The van der Waals surface area contributed by atoms with Crippen molar-refractivity contribution in [3.05, 3.63) is 82.6 Å². The van der Waals surface area contributed by atoms with Gasteiger partial charge < -0.3 is 33.3 Å². The van der Waals surface area contributed by atoms with E-state index in [0.29, 0.717) is 43.4 Å². The van der Waals surface area contributed by atoms with Crippen molar-refractivity contribution in [2.75, 3.05) is 7.11 Å². The lowest BCUT2D eigenvalue weighted by atomic mass is 9.90. The van der Waals surface area contributed by atoms with E-state index in [1.165, 1.54) is 0 Å². The lowest BCUT2D eigenvalue weighted by Gasteiger charge is -2.42. The van der Waals surface area contributed by atoms with E-state index in [1.54, 1.807) is 25.5 Å². The maximum absolute atomic E-state index is 12.9. The molecule has 0 bridgehead atoms. The Labute approximate surface area is 311 Å². The van der Waals surface area contributed by atoms with Crippen LogP contribution in [0, 0.1) is 11.8 Å². The Morgan fingerprint density at radius 1 is 1.04 bits per heavy atom. The van der Waals surface area contributed by atoms with E-state index in [1.807, 2.05) is 36.4 Å². The van der Waals surface area contributed by atoms with Gasteiger partial charge in [-0.15, -0.1) is 0 Å². The summed E-state index contributed by atoms with van der Waals surface area (Å²) < 4.78 is 30.4. The van der Waals surface area contributed by atoms with Gasteiger partial charge in [-0.2, -0.15) is 0 Å². The van der Waals surface area contributed by atoms with Crippen LogP contribution in [-0.4, -0.2) is 61.0 Å². The van der Waals surface area contributed by atoms with Gasteiger partial charge in [0.25, 0.3) is 0 Å². The topological polar surface area (TPSA) is 120 Å². The number of aromatic hydroxyl groups is 1. The molecule has 0 fully saturated rings. The molecule has 6 atom stereocenters. The maximum Gasteiger partial charge on any atom is 0.342 e. The molecular formula is C42H61NO8Si. The molecule has 52 heavy (non-hydrogen) atoms. The number of esters is 1. The Morgan fingerprint density at radius 3 is 2.38 bits per heavy atom. The number of phenols is 1. The molecule has 2 N–H and O–H groups in total. The summed E-state index contributed by atoms with van der Waals surface area (Å²) in [6.45, 7) is 20.3. The highest BCUT2D eigenvalue weighted by Gasteiger charge is 2.42. The highest BCUT2D eigenvalue weighted by molar-refractivity contribution is 6.74. The highest BCUT2D eigenvalue weighted by atomic mass is 28.4. The fourth-order valence-electron chi connectivity index (χ4n) is 6.31. The Bertz CT molecular complexity index is 1630. The van der Waals surface area contributed by atoms with E-state index in [-0.39, 0.29) is 40.9 Å². The molecule has 0 saturated heterocycles. The molecule has 286 valence electrons. The number of carbonyl (C=O) groups excluding carboxylic acids is 1. The minimum atomic E-state index is -2.16. The zero-order chi connectivity index (χ0) is 38.2. The predicted octanol–water partition coefficient (Wildman–Crippen LogP) is 9.09. The molecule has 1 aliphatic rings. The summed E-state index contributed by atoms with van der Waals surface area (Å²) in [6, 6.07) is 11.7. The van der Waals surface area contributed by atoms with Crippen LogP contribution in [-0.2, 0) is 39.8 Å². The van der Waals surface area contributed by atoms with E-state index < -0.39 is 26.5 Å². The fourth-order valence-corrected chi connectivity index (χ4v) is 7.72. The normalized spacial score (nSPS) is 18.1. The molecule has 2 aromatic carbocycles. The van der Waals surface area contributed by atoms with Crippen LogP contribution in [0.5, 0.6) is 11.5 Å². The molecule has 3 aromatic rings. The molecule has 1 aromatic heterocycles. The summed E-state index contributed by atoms with van der Waals surface area (Å²) in [6.07, 6.45) is 6.97. The first kappa shape index (κ1) is 41.3. The van der Waals surface area contributed by atoms with E-state index in [2.05, 4.69) is 61.6 Å². The number of hydrogen-bond acceptors (Lipinski definition) is 9. The van der Waals surface area contributed by atoms with Crippen LogP contribution in [0.3, 0.4) is 0 Å². The zero-order valence-corrected chi connectivity index (χ0v) is 33.9. The third-order valence-electron chi connectivity index (χ3n) is 10.9. The summed E-state index contributed by atoms with van der Waals surface area (Å²) in [5.41, 5.74) is 3.41. The highest BCUT2D eigenvalue weighted by Crippen LogP contribution is 2.39. The quantitative estimate of drug-likeness (QED) is 0.0974. The summed E-state index contributed by atoms with van der Waals surface area (Å²) >= 11 is 0. The number of rotatable bonds is 18. The van der Waals surface area contributed by atoms with Crippen LogP contribution in [0.1, 0.15) is 106 Å². The Hall–Kier alpha value is -3.44. The third kappa shape index (κ3) is 10.8. The molecule has 0 unspecified atom stereocenters. The summed E-state index contributed by atoms with van der Waals surface area (Å²) in [4.78, 5) is 17.7. The van der Waals surface area contributed by atoms with Gasteiger partial charge in [-0.05, 0) is 71.8 Å². The van der Waals surface area contributed by atoms with Crippen LogP contribution in [0.25, 0.3) is 6.08 Å². The number of benzene rings is 2. The van der Waals surface area contributed by atoms with Crippen molar-refractivity contribution in [2.24, 2.45) is 11.8 Å². The number of ether oxygens (including phenoxy) is 3. The molecule has 0 radical (unpaired) electrons. The molecular weight excluding hydrogens is 675 g/mol. The van der Waals surface area contributed by atoms with Gasteiger partial charge in [0.2, 0.25) is 0 Å². The first-order valence-corrected chi connectivity index (χ1v) is 21.7. The number of oxazole rings is 1. The average Bonchev–Trinajstić information content (AvgIpc) is 3.55. The van der Waals surface area contributed by atoms with Gasteiger partial charge in [-0.25, -0.2) is 9.78 Å². The molecule has 4 rings (SSSR count). The fraction of sp³-hybridized carbons (Fsp3) is 0.571. The average molecular weight is 736 g/mol. The van der Waals surface area contributed by atoms with Gasteiger partial charge in [-0.1, -0.05) is 85.2 Å². The van der Waals surface area contributed by atoms with Crippen LogP contribution in [0.4, 0.5) is 0 Å². The number of nitrogens with zero attached hydrogens (tertiary/aromatic N) is 1. The molecule has 0 spiro atoms. The van der Waals surface area contributed by atoms with E-state index in [0.717, 1.165) is 35.3 Å². The Kier molecular flexibility index (Phi) is 14.3. The van der Waals surface area contributed by atoms with Crippen LogP contribution in [0.15, 0.2) is 53.2 Å². The van der Waals surface area contributed by atoms with E-state index >= 15 is 0 Å². The monoisotopic (exact) mass is 735 g/mol. The second-order valence-electron chi connectivity index (χ2n) is 16.0. The molecule has 2 heterocycles. The number of aliphatic hydroxyl groups is 1.